The van der Waals surface area contributed by atoms with E-state index in [0.717, 1.165) is 40.7 Å². The van der Waals surface area contributed by atoms with E-state index in [1.165, 1.54) is 12.1 Å². The monoisotopic (exact) mass is 282 g/mol. The lowest BCUT2D eigenvalue weighted by atomic mass is 9.97. The Morgan fingerprint density at radius 3 is 2.62 bits per heavy atom. The molecule has 0 spiro atoms. The molecule has 1 aliphatic rings. The molecule has 2 nitrogen and oxygen atoms in total. The van der Waals surface area contributed by atoms with Crippen LogP contribution in [-0.2, 0) is 11.2 Å². The molecule has 0 saturated heterocycles. The van der Waals surface area contributed by atoms with Crippen LogP contribution in [0.1, 0.15) is 22.6 Å². The molecule has 0 aromatic heterocycles. The first-order chi connectivity index (χ1) is 10.2. The summed E-state index contributed by atoms with van der Waals surface area (Å²) in [5, 5.41) is 0. The van der Waals surface area contributed by atoms with Gasteiger partial charge in [0.15, 0.2) is 0 Å². The zero-order valence-corrected chi connectivity index (χ0v) is 11.7. The zero-order chi connectivity index (χ0) is 14.8. The van der Waals surface area contributed by atoms with Crippen molar-refractivity contribution in [2.24, 2.45) is 0 Å². The molecular weight excluding hydrogens is 267 g/mol. The number of carbonyl (C=O) groups excluding carboxylic acids is 1. The number of rotatable bonds is 3. The molecule has 0 fully saturated rings. The van der Waals surface area contributed by atoms with Gasteiger partial charge in [0.05, 0.1) is 13.0 Å². The van der Waals surface area contributed by atoms with Gasteiger partial charge < -0.3 is 9.53 Å². The molecule has 2 aromatic rings. The van der Waals surface area contributed by atoms with Gasteiger partial charge in [0, 0.05) is 0 Å². The molecule has 0 aliphatic heterocycles. The zero-order valence-electron chi connectivity index (χ0n) is 11.7. The summed E-state index contributed by atoms with van der Waals surface area (Å²) in [5.74, 6) is 0.243. The highest BCUT2D eigenvalue weighted by molar-refractivity contribution is 5.76. The number of aldehydes is 1. The van der Waals surface area contributed by atoms with Gasteiger partial charge in [-0.05, 0) is 47.4 Å². The van der Waals surface area contributed by atoms with Crippen molar-refractivity contribution in [2.75, 3.05) is 7.11 Å². The summed E-state index contributed by atoms with van der Waals surface area (Å²) in [4.78, 5) is 11.5. The van der Waals surface area contributed by atoms with Gasteiger partial charge in [0.1, 0.15) is 17.9 Å². The van der Waals surface area contributed by atoms with E-state index in [1.807, 2.05) is 24.3 Å². The van der Waals surface area contributed by atoms with Crippen LogP contribution in [0, 0.1) is 5.82 Å². The van der Waals surface area contributed by atoms with Gasteiger partial charge >= 0.3 is 0 Å². The number of hydrogen-bond donors (Lipinski definition) is 0. The van der Waals surface area contributed by atoms with E-state index in [4.69, 9.17) is 4.74 Å². The average Bonchev–Trinajstić information content (AvgIpc) is 2.85. The van der Waals surface area contributed by atoms with Crippen LogP contribution in [0.15, 0.2) is 48.0 Å². The van der Waals surface area contributed by atoms with Crippen LogP contribution in [0.3, 0.4) is 0 Å². The van der Waals surface area contributed by atoms with Crippen LogP contribution < -0.4 is 4.74 Å². The minimum absolute atomic E-state index is 0.250. The summed E-state index contributed by atoms with van der Waals surface area (Å²) < 4.78 is 18.2. The smallest absolute Gasteiger partial charge is 0.131 e. The molecule has 2 aromatic carbocycles. The Balaban J connectivity index is 1.98. The van der Waals surface area contributed by atoms with Crippen molar-refractivity contribution in [1.82, 2.24) is 0 Å². The first kappa shape index (κ1) is 13.6. The van der Waals surface area contributed by atoms with Gasteiger partial charge in [-0.1, -0.05) is 29.8 Å². The van der Waals surface area contributed by atoms with Crippen LogP contribution in [0.25, 0.3) is 6.08 Å². The topological polar surface area (TPSA) is 26.3 Å². The van der Waals surface area contributed by atoms with Crippen LogP contribution in [0.5, 0.6) is 5.75 Å². The van der Waals surface area contributed by atoms with Gasteiger partial charge in [-0.2, -0.15) is 0 Å². The first-order valence-corrected chi connectivity index (χ1v) is 6.79. The molecule has 0 amide bonds. The Morgan fingerprint density at radius 1 is 1.19 bits per heavy atom. The van der Waals surface area contributed by atoms with E-state index in [9.17, 15) is 9.18 Å². The molecule has 1 unspecified atom stereocenters. The summed E-state index contributed by atoms with van der Waals surface area (Å²) in [6.45, 7) is 0. The third-order valence-corrected chi connectivity index (χ3v) is 3.84. The molecule has 0 radical (unpaired) electrons. The number of halogens is 1. The van der Waals surface area contributed by atoms with Crippen molar-refractivity contribution in [2.45, 2.75) is 12.3 Å². The summed E-state index contributed by atoms with van der Waals surface area (Å²) >= 11 is 0. The summed E-state index contributed by atoms with van der Waals surface area (Å²) in [7, 11) is 1.61. The van der Waals surface area contributed by atoms with Crippen LogP contribution >= 0.6 is 0 Å². The quantitative estimate of drug-likeness (QED) is 0.801. The molecule has 3 rings (SSSR count). The van der Waals surface area contributed by atoms with Crippen molar-refractivity contribution >= 4 is 12.4 Å². The van der Waals surface area contributed by atoms with E-state index in [1.54, 1.807) is 19.2 Å². The number of methoxy groups -OCH3 is 1. The summed E-state index contributed by atoms with van der Waals surface area (Å²) in [6, 6.07) is 12.1. The van der Waals surface area contributed by atoms with Gasteiger partial charge in [0.25, 0.3) is 0 Å². The van der Waals surface area contributed by atoms with Crippen LogP contribution in [0.2, 0.25) is 0 Å². The Labute approximate surface area is 122 Å². The second-order valence-electron chi connectivity index (χ2n) is 5.13. The third kappa shape index (κ3) is 2.59. The lowest BCUT2D eigenvalue weighted by Crippen LogP contribution is -1.98. The first-order valence-electron chi connectivity index (χ1n) is 6.79. The highest BCUT2D eigenvalue weighted by Crippen LogP contribution is 2.39. The number of allylic oxidation sites excluding steroid dienone is 1. The van der Waals surface area contributed by atoms with Crippen molar-refractivity contribution in [3.63, 3.8) is 0 Å². The fourth-order valence-electron chi connectivity index (χ4n) is 2.75. The molecule has 0 N–H and O–H groups in total. The fourth-order valence-corrected chi connectivity index (χ4v) is 2.75. The van der Waals surface area contributed by atoms with Gasteiger partial charge in [-0.15, -0.1) is 0 Å². The molecule has 1 aliphatic carbocycles. The van der Waals surface area contributed by atoms with Gasteiger partial charge in [0.2, 0.25) is 0 Å². The largest absolute Gasteiger partial charge is 0.497 e. The molecule has 0 heterocycles. The second kappa shape index (κ2) is 5.52. The molecule has 106 valence electrons. The number of carbonyl (C=O) groups is 1. The minimum atomic E-state index is -0.261. The maximum Gasteiger partial charge on any atom is 0.131 e. The Bertz CT molecular complexity index is 702. The predicted octanol–water partition coefficient (Wildman–Crippen LogP) is 3.76. The molecule has 1 atom stereocenters. The number of benzene rings is 2. The van der Waals surface area contributed by atoms with Crippen LogP contribution in [-0.4, -0.2) is 13.4 Å². The molecule has 0 saturated carbocycles. The van der Waals surface area contributed by atoms with Crippen LogP contribution in [0.4, 0.5) is 4.39 Å². The van der Waals surface area contributed by atoms with Crippen molar-refractivity contribution in [3.05, 3.63) is 70.5 Å². The third-order valence-electron chi connectivity index (χ3n) is 3.84. The summed E-state index contributed by atoms with van der Waals surface area (Å²) in [5.41, 5.74) is 4.07. The van der Waals surface area contributed by atoms with E-state index in [0.29, 0.717) is 0 Å². The molecular formula is C18H15FO2. The minimum Gasteiger partial charge on any atom is -0.497 e. The Hall–Kier alpha value is -2.42. The average molecular weight is 282 g/mol. The maximum absolute atomic E-state index is 13.0. The molecule has 0 bridgehead atoms. The highest BCUT2D eigenvalue weighted by atomic mass is 19.1. The van der Waals surface area contributed by atoms with E-state index in [-0.39, 0.29) is 11.7 Å². The predicted molar refractivity (Wildman–Crippen MR) is 79.9 cm³/mol. The van der Waals surface area contributed by atoms with E-state index >= 15 is 0 Å². The van der Waals surface area contributed by atoms with E-state index in [2.05, 4.69) is 0 Å². The Kier molecular flexibility index (Phi) is 3.57. The van der Waals surface area contributed by atoms with Crippen molar-refractivity contribution < 1.29 is 13.9 Å². The normalized spacial score (nSPS) is 18.6. The fraction of sp³-hybridized carbons (Fsp3) is 0.167. The highest BCUT2D eigenvalue weighted by Gasteiger charge is 2.27. The Morgan fingerprint density at radius 2 is 1.95 bits per heavy atom. The lowest BCUT2D eigenvalue weighted by Gasteiger charge is -2.07. The SMILES string of the molecule is COc1ccc2c(c1)C(C=O)/C(=C/c1ccc(F)cc1)C2. The van der Waals surface area contributed by atoms with Crippen molar-refractivity contribution in [3.8, 4) is 5.75 Å². The number of hydrogen-bond acceptors (Lipinski definition) is 2. The molecule has 3 heteroatoms. The summed E-state index contributed by atoms with van der Waals surface area (Å²) in [6.07, 6.45) is 3.66. The molecule has 21 heavy (non-hydrogen) atoms. The van der Waals surface area contributed by atoms with Gasteiger partial charge in [-0.25, -0.2) is 4.39 Å². The van der Waals surface area contributed by atoms with Gasteiger partial charge in [-0.3, -0.25) is 0 Å². The number of ether oxygens (including phenoxy) is 1. The number of fused-ring (bicyclic) bond motifs is 1. The standard InChI is InChI=1S/C18H15FO2/c1-21-16-7-4-13-9-14(18(11-20)17(13)10-16)8-12-2-5-15(19)6-3-12/h2-8,10-11,18H,9H2,1H3/b14-8+. The lowest BCUT2D eigenvalue weighted by molar-refractivity contribution is -0.108. The second-order valence-corrected chi connectivity index (χ2v) is 5.13. The van der Waals surface area contributed by atoms with Crippen molar-refractivity contribution in [1.29, 1.82) is 0 Å². The maximum atomic E-state index is 13.0. The van der Waals surface area contributed by atoms with E-state index < -0.39 is 0 Å².